The molecule has 0 aliphatic carbocycles. The Bertz CT molecular complexity index is 325. The molecule has 3 N–H and O–H groups in total. The molecule has 0 bridgehead atoms. The molecule has 13 heavy (non-hydrogen) atoms. The third kappa shape index (κ3) is 1.87. The number of rotatable bonds is 3. The number of aromatic nitrogens is 1. The van der Waals surface area contributed by atoms with Crippen LogP contribution in [0.25, 0.3) is 0 Å². The van der Waals surface area contributed by atoms with Gasteiger partial charge >= 0.3 is 0 Å². The summed E-state index contributed by atoms with van der Waals surface area (Å²) in [5.74, 6) is 0.313. The number of nitrogens with one attached hydrogen (secondary N) is 1. The topological polar surface area (TPSA) is 77.2 Å². The van der Waals surface area contributed by atoms with Crippen molar-refractivity contribution in [1.82, 2.24) is 4.98 Å². The maximum atomic E-state index is 10.9. The summed E-state index contributed by atoms with van der Waals surface area (Å²) in [6.07, 6.45) is 0. The number of nitrogens with two attached hydrogens (primary N) is 1. The fourth-order valence-electron chi connectivity index (χ4n) is 0.923. The summed E-state index contributed by atoms with van der Waals surface area (Å²) in [5.41, 5.74) is 5.38. The summed E-state index contributed by atoms with van der Waals surface area (Å²) in [6.45, 7) is 0. The van der Waals surface area contributed by atoms with Crippen molar-refractivity contribution in [3.8, 4) is 5.88 Å². The Morgan fingerprint density at radius 3 is 2.77 bits per heavy atom. The van der Waals surface area contributed by atoms with Crippen molar-refractivity contribution in [2.75, 3.05) is 19.5 Å². The number of primary amides is 1. The van der Waals surface area contributed by atoms with Crippen molar-refractivity contribution in [2.45, 2.75) is 0 Å². The van der Waals surface area contributed by atoms with Crippen molar-refractivity contribution in [3.05, 3.63) is 17.7 Å². The molecule has 0 fully saturated rings. The summed E-state index contributed by atoms with van der Waals surface area (Å²) in [7, 11) is 3.17. The first-order valence-corrected chi connectivity index (χ1v) is 3.71. The average molecular weight is 181 g/mol. The van der Waals surface area contributed by atoms with Gasteiger partial charge in [0.1, 0.15) is 11.4 Å². The van der Waals surface area contributed by atoms with E-state index < -0.39 is 5.91 Å². The van der Waals surface area contributed by atoms with Crippen LogP contribution in [0.1, 0.15) is 10.4 Å². The maximum Gasteiger partial charge on any atom is 0.254 e. The number of ether oxygens (including phenoxy) is 1. The SMILES string of the molecule is CNc1ccc(C(N)=O)c(OC)n1. The van der Waals surface area contributed by atoms with E-state index in [1.54, 1.807) is 19.2 Å². The van der Waals surface area contributed by atoms with Gasteiger partial charge in [0.15, 0.2) is 0 Å². The van der Waals surface area contributed by atoms with Crippen LogP contribution in [-0.4, -0.2) is 25.0 Å². The van der Waals surface area contributed by atoms with Crippen molar-refractivity contribution >= 4 is 11.7 Å². The van der Waals surface area contributed by atoms with Crippen LogP contribution in [0.5, 0.6) is 5.88 Å². The zero-order valence-electron chi connectivity index (χ0n) is 7.50. The van der Waals surface area contributed by atoms with Crippen LogP contribution < -0.4 is 15.8 Å². The molecule has 0 radical (unpaired) electrons. The van der Waals surface area contributed by atoms with Gasteiger partial charge in [-0.05, 0) is 12.1 Å². The Morgan fingerprint density at radius 2 is 2.31 bits per heavy atom. The van der Waals surface area contributed by atoms with E-state index in [1.165, 1.54) is 7.11 Å². The second-order valence-electron chi connectivity index (χ2n) is 2.37. The van der Waals surface area contributed by atoms with Crippen LogP contribution in [0.3, 0.4) is 0 Å². The number of pyridine rings is 1. The molecule has 0 spiro atoms. The van der Waals surface area contributed by atoms with Crippen molar-refractivity contribution in [2.24, 2.45) is 5.73 Å². The third-order valence-electron chi connectivity index (χ3n) is 1.58. The fraction of sp³-hybridized carbons (Fsp3) is 0.250. The molecule has 1 heterocycles. The van der Waals surface area contributed by atoms with E-state index in [4.69, 9.17) is 10.5 Å². The highest BCUT2D eigenvalue weighted by molar-refractivity contribution is 5.95. The molecule has 0 saturated carbocycles. The first kappa shape index (κ1) is 9.31. The molecule has 0 unspecified atom stereocenters. The Hall–Kier alpha value is -1.78. The lowest BCUT2D eigenvalue weighted by molar-refractivity contribution is 0.0996. The third-order valence-corrected chi connectivity index (χ3v) is 1.58. The molecule has 5 heteroatoms. The van der Waals surface area contributed by atoms with Crippen LogP contribution >= 0.6 is 0 Å². The highest BCUT2D eigenvalue weighted by Crippen LogP contribution is 2.17. The van der Waals surface area contributed by atoms with Crippen LogP contribution in [0.15, 0.2) is 12.1 Å². The number of nitrogens with zero attached hydrogens (tertiary/aromatic N) is 1. The zero-order valence-corrected chi connectivity index (χ0v) is 7.50. The quantitative estimate of drug-likeness (QED) is 0.699. The van der Waals surface area contributed by atoms with E-state index in [2.05, 4.69) is 10.3 Å². The summed E-state index contributed by atoms with van der Waals surface area (Å²) < 4.78 is 4.90. The summed E-state index contributed by atoms with van der Waals surface area (Å²) in [4.78, 5) is 14.9. The fourth-order valence-corrected chi connectivity index (χ4v) is 0.923. The molecule has 1 aromatic rings. The minimum Gasteiger partial charge on any atom is -0.480 e. The number of amides is 1. The Labute approximate surface area is 75.9 Å². The number of hydrogen-bond donors (Lipinski definition) is 2. The Kier molecular flexibility index (Phi) is 2.69. The average Bonchev–Trinajstić information content (AvgIpc) is 2.16. The highest BCUT2D eigenvalue weighted by Gasteiger charge is 2.10. The largest absolute Gasteiger partial charge is 0.480 e. The number of carbonyl (C=O) groups excluding carboxylic acids is 1. The van der Waals surface area contributed by atoms with Gasteiger partial charge in [0.2, 0.25) is 5.88 Å². The van der Waals surface area contributed by atoms with E-state index >= 15 is 0 Å². The van der Waals surface area contributed by atoms with E-state index in [9.17, 15) is 4.79 Å². The summed E-state index contributed by atoms with van der Waals surface area (Å²) in [6, 6.07) is 3.22. The van der Waals surface area contributed by atoms with Gasteiger partial charge in [0, 0.05) is 7.05 Å². The molecular weight excluding hydrogens is 170 g/mol. The number of methoxy groups -OCH3 is 1. The van der Waals surface area contributed by atoms with Crippen molar-refractivity contribution < 1.29 is 9.53 Å². The lowest BCUT2D eigenvalue weighted by Gasteiger charge is -2.05. The van der Waals surface area contributed by atoms with Crippen LogP contribution in [0, 0.1) is 0 Å². The van der Waals surface area contributed by atoms with Gasteiger partial charge in [0.25, 0.3) is 5.91 Å². The Morgan fingerprint density at radius 1 is 1.62 bits per heavy atom. The standard InChI is InChI=1S/C8H11N3O2/c1-10-6-4-3-5(7(9)12)8(11-6)13-2/h3-4H,1-2H3,(H2,9,12)(H,10,11). The van der Waals surface area contributed by atoms with Crippen LogP contribution in [-0.2, 0) is 0 Å². The zero-order chi connectivity index (χ0) is 9.84. The van der Waals surface area contributed by atoms with Crippen LogP contribution in [0.2, 0.25) is 0 Å². The van der Waals surface area contributed by atoms with Crippen molar-refractivity contribution in [1.29, 1.82) is 0 Å². The maximum absolute atomic E-state index is 10.9. The van der Waals surface area contributed by atoms with E-state index in [1.807, 2.05) is 0 Å². The second kappa shape index (κ2) is 3.75. The minimum atomic E-state index is -0.549. The smallest absolute Gasteiger partial charge is 0.254 e. The predicted octanol–water partition coefficient (Wildman–Crippen LogP) is 0.231. The molecule has 0 saturated heterocycles. The first-order valence-electron chi connectivity index (χ1n) is 3.71. The van der Waals surface area contributed by atoms with Crippen LogP contribution in [0.4, 0.5) is 5.82 Å². The normalized spacial score (nSPS) is 9.38. The van der Waals surface area contributed by atoms with Gasteiger partial charge in [0.05, 0.1) is 7.11 Å². The molecule has 1 amide bonds. The number of hydrogen-bond acceptors (Lipinski definition) is 4. The number of anilines is 1. The summed E-state index contributed by atoms with van der Waals surface area (Å²) >= 11 is 0. The molecule has 70 valence electrons. The van der Waals surface area contributed by atoms with Gasteiger partial charge in [-0.3, -0.25) is 4.79 Å². The minimum absolute atomic E-state index is 0.236. The Balaban J connectivity index is 3.15. The van der Waals surface area contributed by atoms with Gasteiger partial charge in [-0.25, -0.2) is 0 Å². The van der Waals surface area contributed by atoms with Gasteiger partial charge in [-0.15, -0.1) is 0 Å². The van der Waals surface area contributed by atoms with Gasteiger partial charge in [-0.1, -0.05) is 0 Å². The second-order valence-corrected chi connectivity index (χ2v) is 2.37. The molecule has 5 nitrogen and oxygen atoms in total. The lowest BCUT2D eigenvalue weighted by atomic mass is 10.2. The molecule has 0 aromatic carbocycles. The van der Waals surface area contributed by atoms with E-state index in [0.29, 0.717) is 5.82 Å². The molecule has 0 aliphatic heterocycles. The lowest BCUT2D eigenvalue weighted by Crippen LogP contribution is -2.13. The molecule has 1 aromatic heterocycles. The van der Waals surface area contributed by atoms with Gasteiger partial charge in [-0.2, -0.15) is 4.98 Å². The van der Waals surface area contributed by atoms with E-state index in [-0.39, 0.29) is 11.4 Å². The highest BCUT2D eigenvalue weighted by atomic mass is 16.5. The molecule has 0 atom stereocenters. The number of carbonyl (C=O) groups is 1. The monoisotopic (exact) mass is 181 g/mol. The predicted molar refractivity (Wildman–Crippen MR) is 48.9 cm³/mol. The molecule has 0 aliphatic rings. The van der Waals surface area contributed by atoms with Gasteiger partial charge < -0.3 is 15.8 Å². The molecule has 1 rings (SSSR count). The van der Waals surface area contributed by atoms with E-state index in [0.717, 1.165) is 0 Å². The van der Waals surface area contributed by atoms with Crippen molar-refractivity contribution in [3.63, 3.8) is 0 Å². The first-order chi connectivity index (χ1) is 6.19. The molecular formula is C8H11N3O2. The summed E-state index contributed by atoms with van der Waals surface area (Å²) in [5, 5.41) is 2.82.